The normalized spacial score (nSPS) is 15.6. The van der Waals surface area contributed by atoms with Crippen molar-refractivity contribution in [1.82, 2.24) is 5.32 Å². The number of nitrogens with zero attached hydrogens (tertiary/aromatic N) is 1. The Labute approximate surface area is 154 Å². The zero-order chi connectivity index (χ0) is 19.6. The summed E-state index contributed by atoms with van der Waals surface area (Å²) in [6, 6.07) is 7.18. The Morgan fingerprint density at radius 1 is 1.33 bits per heavy atom. The maximum absolute atomic E-state index is 12.1. The van der Waals surface area contributed by atoms with Gasteiger partial charge in [0.15, 0.2) is 0 Å². The van der Waals surface area contributed by atoms with Crippen molar-refractivity contribution in [3.05, 3.63) is 58.0 Å². The molecule has 9 heteroatoms. The SMILES string of the molecule is Cc1cc([N+](=O)[O-])ccc1NC(=O)C(=O)NCC(O)(c1ccco1)C1CC1. The number of nitro benzene ring substituents is 1. The summed E-state index contributed by atoms with van der Waals surface area (Å²) >= 11 is 0. The predicted octanol–water partition coefficient (Wildman–Crippen LogP) is 1.85. The molecule has 1 saturated carbocycles. The molecule has 1 unspecified atom stereocenters. The molecule has 2 aromatic rings. The Morgan fingerprint density at radius 2 is 2.07 bits per heavy atom. The fraction of sp³-hybridized carbons (Fsp3) is 0.333. The number of carbonyl (C=O) groups is 2. The van der Waals surface area contributed by atoms with Gasteiger partial charge < -0.3 is 20.2 Å². The average molecular weight is 373 g/mol. The van der Waals surface area contributed by atoms with Crippen LogP contribution in [0.5, 0.6) is 0 Å². The highest BCUT2D eigenvalue weighted by atomic mass is 16.6. The van der Waals surface area contributed by atoms with Gasteiger partial charge in [-0.2, -0.15) is 0 Å². The van der Waals surface area contributed by atoms with Crippen LogP contribution in [-0.2, 0) is 15.2 Å². The third-order valence-corrected chi connectivity index (χ3v) is 4.59. The Bertz CT molecular complexity index is 875. The maximum Gasteiger partial charge on any atom is 0.313 e. The van der Waals surface area contributed by atoms with E-state index in [0.717, 1.165) is 12.8 Å². The molecule has 3 N–H and O–H groups in total. The number of non-ortho nitro benzene ring substituents is 1. The predicted molar refractivity (Wildman–Crippen MR) is 94.8 cm³/mol. The number of carbonyl (C=O) groups excluding carboxylic acids is 2. The molecule has 2 amide bonds. The van der Waals surface area contributed by atoms with Gasteiger partial charge in [-0.25, -0.2) is 0 Å². The molecule has 1 aliphatic carbocycles. The Morgan fingerprint density at radius 3 is 2.63 bits per heavy atom. The summed E-state index contributed by atoms with van der Waals surface area (Å²) in [7, 11) is 0. The number of amides is 2. The highest BCUT2D eigenvalue weighted by Gasteiger charge is 2.47. The van der Waals surface area contributed by atoms with Crippen LogP contribution < -0.4 is 10.6 Å². The maximum atomic E-state index is 12.1. The van der Waals surface area contributed by atoms with Crippen LogP contribution in [0.2, 0.25) is 0 Å². The second-order valence-corrected chi connectivity index (χ2v) is 6.57. The zero-order valence-electron chi connectivity index (χ0n) is 14.6. The van der Waals surface area contributed by atoms with Gasteiger partial charge >= 0.3 is 11.8 Å². The summed E-state index contributed by atoms with van der Waals surface area (Å²) in [5.74, 6) is -1.54. The second-order valence-electron chi connectivity index (χ2n) is 6.57. The molecule has 1 atom stereocenters. The van der Waals surface area contributed by atoms with Gasteiger partial charge in [0.2, 0.25) is 0 Å². The van der Waals surface area contributed by atoms with Crippen molar-refractivity contribution in [2.75, 3.05) is 11.9 Å². The minimum atomic E-state index is -1.36. The van der Waals surface area contributed by atoms with Crippen LogP contribution >= 0.6 is 0 Å². The third kappa shape index (κ3) is 3.98. The molecule has 142 valence electrons. The van der Waals surface area contributed by atoms with Crippen molar-refractivity contribution in [2.45, 2.75) is 25.4 Å². The minimum Gasteiger partial charge on any atom is -0.466 e. The number of hydrogen-bond acceptors (Lipinski definition) is 6. The molecule has 0 radical (unpaired) electrons. The second kappa shape index (κ2) is 7.20. The fourth-order valence-corrected chi connectivity index (χ4v) is 2.89. The van der Waals surface area contributed by atoms with E-state index in [1.54, 1.807) is 19.1 Å². The molecule has 27 heavy (non-hydrogen) atoms. The number of hydrogen-bond donors (Lipinski definition) is 3. The van der Waals surface area contributed by atoms with E-state index in [2.05, 4.69) is 10.6 Å². The van der Waals surface area contributed by atoms with Gasteiger partial charge in [0, 0.05) is 17.8 Å². The lowest BCUT2D eigenvalue weighted by Crippen LogP contribution is -2.45. The van der Waals surface area contributed by atoms with Gasteiger partial charge in [0.05, 0.1) is 17.7 Å². The van der Waals surface area contributed by atoms with E-state index in [4.69, 9.17) is 4.42 Å². The monoisotopic (exact) mass is 373 g/mol. The van der Waals surface area contributed by atoms with E-state index in [1.165, 1.54) is 24.5 Å². The Balaban J connectivity index is 1.63. The summed E-state index contributed by atoms with van der Waals surface area (Å²) in [5.41, 5.74) is -0.717. The van der Waals surface area contributed by atoms with E-state index >= 15 is 0 Å². The van der Waals surface area contributed by atoms with Crippen molar-refractivity contribution in [1.29, 1.82) is 0 Å². The molecular formula is C18H19N3O6. The van der Waals surface area contributed by atoms with Crippen LogP contribution in [-0.4, -0.2) is 28.4 Å². The molecule has 9 nitrogen and oxygen atoms in total. The molecule has 1 aliphatic rings. The first kappa shape index (κ1) is 18.6. The number of rotatable bonds is 6. The van der Waals surface area contributed by atoms with E-state index in [9.17, 15) is 24.8 Å². The van der Waals surface area contributed by atoms with E-state index in [1.807, 2.05) is 0 Å². The van der Waals surface area contributed by atoms with Crippen LogP contribution in [0.3, 0.4) is 0 Å². The number of nitro groups is 1. The number of anilines is 1. The Hall–Kier alpha value is -3.20. The van der Waals surface area contributed by atoms with Crippen molar-refractivity contribution < 1.29 is 24.0 Å². The van der Waals surface area contributed by atoms with Gasteiger partial charge in [-0.1, -0.05) is 0 Å². The molecule has 0 spiro atoms. The lowest BCUT2D eigenvalue weighted by molar-refractivity contribution is -0.384. The number of aryl methyl sites for hydroxylation is 1. The fourth-order valence-electron chi connectivity index (χ4n) is 2.89. The summed E-state index contributed by atoms with van der Waals surface area (Å²) in [6.45, 7) is 1.43. The summed E-state index contributed by atoms with van der Waals surface area (Å²) in [4.78, 5) is 34.4. The van der Waals surface area contributed by atoms with Crippen molar-refractivity contribution >= 4 is 23.2 Å². The van der Waals surface area contributed by atoms with E-state index < -0.39 is 22.3 Å². The van der Waals surface area contributed by atoms with Crippen molar-refractivity contribution in [3.8, 4) is 0 Å². The molecule has 1 aromatic heterocycles. The van der Waals surface area contributed by atoms with Crippen molar-refractivity contribution in [2.24, 2.45) is 5.92 Å². The first-order chi connectivity index (χ1) is 12.8. The topological polar surface area (TPSA) is 135 Å². The molecule has 0 bridgehead atoms. The lowest BCUT2D eigenvalue weighted by atomic mass is 9.94. The van der Waals surface area contributed by atoms with E-state index in [-0.39, 0.29) is 18.2 Å². The first-order valence-electron chi connectivity index (χ1n) is 8.42. The first-order valence-corrected chi connectivity index (χ1v) is 8.42. The summed E-state index contributed by atoms with van der Waals surface area (Å²) < 4.78 is 5.28. The molecule has 1 heterocycles. The summed E-state index contributed by atoms with van der Waals surface area (Å²) in [5, 5.41) is 26.5. The van der Waals surface area contributed by atoms with Gasteiger partial charge in [-0.05, 0) is 49.4 Å². The Kier molecular flexibility index (Phi) is 4.95. The standard InChI is InChI=1S/C18H19N3O6/c1-11-9-13(21(25)26)6-7-14(11)20-17(23)16(22)19-10-18(24,12-4-5-12)15-3-2-8-27-15/h2-3,6-9,12,24H,4-5,10H2,1H3,(H,19,22)(H,20,23). The third-order valence-electron chi connectivity index (χ3n) is 4.59. The average Bonchev–Trinajstić information content (AvgIpc) is 3.35. The van der Waals surface area contributed by atoms with Gasteiger partial charge in [0.1, 0.15) is 11.4 Å². The quantitative estimate of drug-likeness (QED) is 0.402. The molecule has 0 saturated heterocycles. The smallest absolute Gasteiger partial charge is 0.313 e. The van der Waals surface area contributed by atoms with Gasteiger partial charge in [-0.3, -0.25) is 19.7 Å². The molecular weight excluding hydrogens is 354 g/mol. The summed E-state index contributed by atoms with van der Waals surface area (Å²) in [6.07, 6.45) is 3.05. The number of nitrogens with one attached hydrogen (secondary N) is 2. The van der Waals surface area contributed by atoms with Gasteiger partial charge in [0.25, 0.3) is 5.69 Å². The minimum absolute atomic E-state index is 0.0380. The van der Waals surface area contributed by atoms with Crippen LogP contribution in [0.25, 0.3) is 0 Å². The van der Waals surface area contributed by atoms with Crippen LogP contribution in [0.1, 0.15) is 24.2 Å². The van der Waals surface area contributed by atoms with Crippen LogP contribution in [0, 0.1) is 23.0 Å². The van der Waals surface area contributed by atoms with Gasteiger partial charge in [-0.15, -0.1) is 0 Å². The van der Waals surface area contributed by atoms with Crippen molar-refractivity contribution in [3.63, 3.8) is 0 Å². The largest absolute Gasteiger partial charge is 0.466 e. The molecule has 0 aliphatic heterocycles. The number of aliphatic hydroxyl groups is 1. The lowest BCUT2D eigenvalue weighted by Gasteiger charge is -2.26. The number of furan rings is 1. The zero-order valence-corrected chi connectivity index (χ0v) is 14.6. The highest BCUT2D eigenvalue weighted by Crippen LogP contribution is 2.45. The molecule has 3 rings (SSSR count). The van der Waals surface area contributed by atoms with Crippen LogP contribution in [0.15, 0.2) is 41.0 Å². The number of benzene rings is 1. The highest BCUT2D eigenvalue weighted by molar-refractivity contribution is 6.39. The molecule has 1 aromatic carbocycles. The van der Waals surface area contributed by atoms with E-state index in [0.29, 0.717) is 17.0 Å². The van der Waals surface area contributed by atoms with Crippen LogP contribution in [0.4, 0.5) is 11.4 Å². The molecule has 1 fully saturated rings.